The monoisotopic (exact) mass is 986 g/mol. The smallest absolute Gasteiger partial charge is 0.501 e. The molecule has 0 spiro atoms. The van der Waals surface area contributed by atoms with Gasteiger partial charge in [-0.25, -0.2) is 0 Å². The Morgan fingerprint density at radius 1 is 0.667 bits per heavy atom. The van der Waals surface area contributed by atoms with Crippen LogP contribution in [0.2, 0.25) is 17.3 Å². The summed E-state index contributed by atoms with van der Waals surface area (Å²) in [6.07, 6.45) is 10.6. The number of benzene rings is 4. The molecule has 1 saturated carbocycles. The summed E-state index contributed by atoms with van der Waals surface area (Å²) in [5.41, 5.74) is 15.3. The number of hydrogen-bond donors (Lipinski definition) is 0. The summed E-state index contributed by atoms with van der Waals surface area (Å²) in [6.45, 7) is 6.26. The minimum absolute atomic E-state index is 0. The third-order valence-electron chi connectivity index (χ3n) is 11.1. The molecule has 0 saturated heterocycles. The van der Waals surface area contributed by atoms with E-state index in [-0.39, 0.29) is 20.1 Å². The van der Waals surface area contributed by atoms with E-state index >= 15 is 0 Å². The van der Waals surface area contributed by atoms with E-state index in [9.17, 15) is 0 Å². The molecule has 0 amide bonds. The van der Waals surface area contributed by atoms with Crippen molar-refractivity contribution in [1.82, 2.24) is 15.0 Å². The molecule has 289 valence electrons. The summed E-state index contributed by atoms with van der Waals surface area (Å²) in [4.78, 5) is 13.9. The molecule has 4 nitrogen and oxygen atoms in total. The molecule has 6 heteroatoms. The predicted octanol–water partition coefficient (Wildman–Crippen LogP) is 13.2. The van der Waals surface area contributed by atoms with E-state index in [2.05, 4.69) is 145 Å². The number of pyridine rings is 3. The summed E-state index contributed by atoms with van der Waals surface area (Å²) in [7, 11) is 0. The van der Waals surface area contributed by atoms with Crippen LogP contribution in [-0.4, -0.2) is 28.2 Å². The molecule has 1 aliphatic rings. The Bertz CT molecular complexity index is 2620. The predicted molar refractivity (Wildman–Crippen MR) is 236 cm³/mol. The summed E-state index contributed by atoms with van der Waals surface area (Å²) in [6, 6.07) is 45.0. The van der Waals surface area contributed by atoms with Gasteiger partial charge in [0.1, 0.15) is 5.58 Å². The van der Waals surface area contributed by atoms with Gasteiger partial charge in [0.2, 0.25) is 0 Å². The van der Waals surface area contributed by atoms with E-state index < -0.39 is 13.3 Å². The van der Waals surface area contributed by atoms with Crippen LogP contribution in [0.25, 0.3) is 66.7 Å². The molecule has 0 N–H and O–H groups in total. The fourth-order valence-corrected chi connectivity index (χ4v) is 11.9. The van der Waals surface area contributed by atoms with Crippen LogP contribution in [0.15, 0.2) is 126 Å². The Morgan fingerprint density at radius 2 is 1.42 bits per heavy atom. The summed E-state index contributed by atoms with van der Waals surface area (Å²) in [5, 5.41) is 2.25. The molecule has 0 unspecified atom stereocenters. The van der Waals surface area contributed by atoms with E-state index in [1.165, 1.54) is 58.8 Å². The number of aryl methyl sites for hydroxylation is 3. The van der Waals surface area contributed by atoms with Gasteiger partial charge in [-0.2, -0.15) is 0 Å². The third kappa shape index (κ3) is 9.07. The van der Waals surface area contributed by atoms with Gasteiger partial charge in [-0.15, -0.1) is 18.2 Å². The van der Waals surface area contributed by atoms with Gasteiger partial charge >= 0.3 is 154 Å². The average molecular weight is 985 g/mol. The number of fused-ring (bicyclic) bond motifs is 3. The number of aromatic nitrogens is 3. The Balaban J connectivity index is 0.000000175. The molecule has 9 rings (SSSR count). The Kier molecular flexibility index (Phi) is 12.4. The van der Waals surface area contributed by atoms with Crippen molar-refractivity contribution >= 4 is 39.6 Å². The molecular formula is C51H49GeIrN3O-2. The molecule has 4 heterocycles. The maximum atomic E-state index is 6.41. The van der Waals surface area contributed by atoms with Gasteiger partial charge < -0.3 is 9.40 Å². The Hall–Kier alpha value is -4.68. The first-order valence-corrected chi connectivity index (χ1v) is 27.3. The fraction of sp³-hybridized carbons (Fsp3) is 0.235. The molecule has 8 aromatic rings. The second-order valence-electron chi connectivity index (χ2n) is 16.3. The Morgan fingerprint density at radius 3 is 2.12 bits per heavy atom. The normalized spacial score (nSPS) is 13.2. The topological polar surface area (TPSA) is 51.8 Å². The molecule has 0 aliphatic heterocycles. The fourth-order valence-electron chi connectivity index (χ4n) is 8.27. The van der Waals surface area contributed by atoms with E-state index in [0.717, 1.165) is 67.0 Å². The number of nitrogens with zero attached hydrogens (tertiary/aromatic N) is 3. The quantitative estimate of drug-likeness (QED) is 0.123. The maximum absolute atomic E-state index is 6.41. The first-order valence-electron chi connectivity index (χ1n) is 19.9. The van der Waals surface area contributed by atoms with Crippen molar-refractivity contribution in [2.45, 2.75) is 76.1 Å². The van der Waals surface area contributed by atoms with Crippen LogP contribution in [0.4, 0.5) is 0 Å². The molecule has 4 aromatic carbocycles. The van der Waals surface area contributed by atoms with Crippen molar-refractivity contribution in [1.29, 1.82) is 0 Å². The summed E-state index contributed by atoms with van der Waals surface area (Å²) >= 11 is -1.85. The van der Waals surface area contributed by atoms with Crippen molar-refractivity contribution in [3.8, 4) is 44.8 Å². The molecule has 0 atom stereocenters. The summed E-state index contributed by atoms with van der Waals surface area (Å²) < 4.78 is 7.89. The van der Waals surface area contributed by atoms with Crippen molar-refractivity contribution in [3.63, 3.8) is 0 Å². The number of hydrogen-bond acceptors (Lipinski definition) is 4. The molecule has 1 fully saturated rings. The van der Waals surface area contributed by atoms with Gasteiger partial charge in [0.15, 0.2) is 0 Å². The first-order chi connectivity index (χ1) is 27.1. The zero-order valence-corrected chi connectivity index (χ0v) is 38.2. The van der Waals surface area contributed by atoms with Gasteiger partial charge in [0.25, 0.3) is 0 Å². The molecular weight excluding hydrogens is 935 g/mol. The Labute approximate surface area is 353 Å². The minimum Gasteiger partial charge on any atom is -0.501 e. The van der Waals surface area contributed by atoms with Crippen LogP contribution < -0.4 is 4.40 Å². The first kappa shape index (κ1) is 40.5. The molecule has 57 heavy (non-hydrogen) atoms. The zero-order chi connectivity index (χ0) is 38.8. The molecule has 0 bridgehead atoms. The van der Waals surface area contributed by atoms with Crippen molar-refractivity contribution in [2.75, 3.05) is 0 Å². The second kappa shape index (κ2) is 17.4. The molecule has 4 aromatic heterocycles. The van der Waals surface area contributed by atoms with Crippen LogP contribution in [0, 0.1) is 32.9 Å². The van der Waals surface area contributed by atoms with Crippen molar-refractivity contribution < 1.29 is 24.5 Å². The van der Waals surface area contributed by atoms with Crippen LogP contribution in [0.5, 0.6) is 0 Å². The van der Waals surface area contributed by atoms with Gasteiger partial charge in [0, 0.05) is 31.7 Å². The van der Waals surface area contributed by atoms with Gasteiger partial charge in [-0.3, -0.25) is 0 Å². The molecule has 1 radical (unpaired) electrons. The van der Waals surface area contributed by atoms with Gasteiger partial charge in [0.05, 0.1) is 5.58 Å². The van der Waals surface area contributed by atoms with E-state index in [1.54, 1.807) is 0 Å². The summed E-state index contributed by atoms with van der Waals surface area (Å²) in [5.74, 6) is 7.87. The average Bonchev–Trinajstić information content (AvgIpc) is 3.59. The van der Waals surface area contributed by atoms with Crippen LogP contribution >= 0.6 is 0 Å². The van der Waals surface area contributed by atoms with Crippen molar-refractivity contribution in [2.24, 2.45) is 0 Å². The molecule has 1 aliphatic carbocycles. The SMILES string of the molecule is Cc1cc(-c2c[c-]c(-c3cc(C)[c]([Ge]([CH3])([CH3])[CH3])cn3)cc2)cc(C)n1.[Ir].[c-]1ccc2c(oc3cc(-c4ccccc4)ccc32)c1-c1cc(C2CCCCC2)ccn1. The van der Waals surface area contributed by atoms with Gasteiger partial charge in [-0.05, 0) is 47.7 Å². The van der Waals surface area contributed by atoms with E-state index in [0.29, 0.717) is 5.92 Å². The zero-order valence-electron chi connectivity index (χ0n) is 33.7. The van der Waals surface area contributed by atoms with Crippen LogP contribution in [0.3, 0.4) is 0 Å². The van der Waals surface area contributed by atoms with E-state index in [1.807, 2.05) is 32.2 Å². The standard InChI is InChI=1S/C29H24NO.C22H25GeN2.Ir/c1-3-8-20(9-4-1)22-14-15-24-25-12-7-13-26(29(25)31-28(24)19-22)27-18-23(16-17-30-27)21-10-5-2-6-11-21;1-15-11-22(24-14-21(15)23(4,5)6)19-9-7-18(8-10-19)20-12-16(2)25-17(3)13-20;/h1,3-4,7-9,12,14-19,21H,2,5-6,10-11H2;7-9,11-14H,1-6H3;/q2*-1;. The second-order valence-corrected chi connectivity index (χ2v) is 26.9. The van der Waals surface area contributed by atoms with Crippen molar-refractivity contribution in [3.05, 3.63) is 156 Å². The number of furan rings is 1. The third-order valence-corrected chi connectivity index (χ3v) is 15.6. The van der Waals surface area contributed by atoms with Gasteiger partial charge in [-0.1, -0.05) is 84.3 Å². The minimum atomic E-state index is -1.85. The van der Waals surface area contributed by atoms with E-state index in [4.69, 9.17) is 14.4 Å². The van der Waals surface area contributed by atoms with Crippen LogP contribution in [-0.2, 0) is 20.1 Å². The van der Waals surface area contributed by atoms with Crippen LogP contribution in [0.1, 0.15) is 60.5 Å². The number of rotatable bonds is 6.